The summed E-state index contributed by atoms with van der Waals surface area (Å²) in [6.45, 7) is 0. The number of hydrogen-bond acceptors (Lipinski definition) is 5. The largest absolute Gasteiger partial charge is 0.495 e. The Balaban J connectivity index is 2.57. The van der Waals surface area contributed by atoms with Crippen molar-refractivity contribution >= 4 is 21.9 Å². The normalized spacial score (nSPS) is 10.2. The van der Waals surface area contributed by atoms with Crippen molar-refractivity contribution in [3.63, 3.8) is 0 Å². The number of nitrogens with two attached hydrogens (primary N) is 1. The van der Waals surface area contributed by atoms with Gasteiger partial charge in [-0.3, -0.25) is 0 Å². The topological polar surface area (TPSA) is 70.3 Å². The van der Waals surface area contributed by atoms with Gasteiger partial charge in [-0.05, 0) is 28.1 Å². The maximum atomic E-state index is 5.47. The fraction of sp³-hybridized carbons (Fsp3) is 0.167. The summed E-state index contributed by atoms with van der Waals surface area (Å²) < 4.78 is 11.4. The summed E-state index contributed by atoms with van der Waals surface area (Å²) in [5.74, 6) is 1.61. The highest BCUT2D eigenvalue weighted by molar-refractivity contribution is 9.10. The molecule has 0 bridgehead atoms. The lowest BCUT2D eigenvalue weighted by Gasteiger charge is -2.13. The minimum absolute atomic E-state index is 0.241. The molecule has 1 heterocycles. The first kappa shape index (κ1) is 12.6. The molecule has 0 saturated carbocycles. The molecule has 0 aliphatic carbocycles. The van der Waals surface area contributed by atoms with Crippen LogP contribution in [0.5, 0.6) is 11.5 Å². The Hall–Kier alpha value is -1.82. The van der Waals surface area contributed by atoms with Gasteiger partial charge in [0.1, 0.15) is 16.0 Å². The van der Waals surface area contributed by atoms with Crippen LogP contribution in [0.3, 0.4) is 0 Å². The number of nitrogen functional groups attached to an aromatic ring is 1. The molecule has 0 aliphatic rings. The second-order valence-corrected chi connectivity index (χ2v) is 4.29. The minimum Gasteiger partial charge on any atom is -0.495 e. The third-order valence-corrected chi connectivity index (χ3v) is 3.22. The van der Waals surface area contributed by atoms with Gasteiger partial charge in [-0.25, -0.2) is 9.97 Å². The van der Waals surface area contributed by atoms with Crippen LogP contribution in [-0.2, 0) is 0 Å². The first-order valence-corrected chi connectivity index (χ1v) is 5.95. The predicted octanol–water partition coefficient (Wildman–Crippen LogP) is 2.51. The summed E-state index contributed by atoms with van der Waals surface area (Å²) in [7, 11) is 3.20. The van der Waals surface area contributed by atoms with Gasteiger partial charge in [-0.15, -0.1) is 0 Å². The van der Waals surface area contributed by atoms with Crippen molar-refractivity contribution in [1.82, 2.24) is 9.97 Å². The SMILES string of the molecule is COc1ccc(-c2cnc(N)nc2)c(OC)c1Br. The predicted molar refractivity (Wildman–Crippen MR) is 72.7 cm³/mol. The standard InChI is InChI=1S/C12H12BrN3O2/c1-17-9-4-3-8(11(18-2)10(9)13)7-5-15-12(14)16-6-7/h3-6H,1-2H3,(H2,14,15,16). The van der Waals surface area contributed by atoms with E-state index in [1.807, 2.05) is 12.1 Å². The van der Waals surface area contributed by atoms with Crippen LogP contribution in [-0.4, -0.2) is 24.2 Å². The Morgan fingerprint density at radius 3 is 2.33 bits per heavy atom. The maximum Gasteiger partial charge on any atom is 0.219 e. The van der Waals surface area contributed by atoms with Crippen LogP contribution >= 0.6 is 15.9 Å². The van der Waals surface area contributed by atoms with Crippen LogP contribution in [0.2, 0.25) is 0 Å². The first-order valence-electron chi connectivity index (χ1n) is 5.15. The maximum absolute atomic E-state index is 5.47. The zero-order valence-corrected chi connectivity index (χ0v) is 11.6. The fourth-order valence-corrected chi connectivity index (χ4v) is 2.27. The van der Waals surface area contributed by atoms with E-state index in [-0.39, 0.29) is 5.95 Å². The average molecular weight is 310 g/mol. The summed E-state index contributed by atoms with van der Waals surface area (Å²) in [4.78, 5) is 7.94. The van der Waals surface area contributed by atoms with E-state index >= 15 is 0 Å². The molecule has 1 aromatic heterocycles. The number of aromatic nitrogens is 2. The van der Waals surface area contributed by atoms with Crippen LogP contribution in [0.4, 0.5) is 5.95 Å². The Morgan fingerprint density at radius 1 is 1.11 bits per heavy atom. The molecule has 0 saturated heterocycles. The molecule has 2 aromatic rings. The van der Waals surface area contributed by atoms with E-state index in [1.165, 1.54) is 0 Å². The number of nitrogens with zero attached hydrogens (tertiary/aromatic N) is 2. The van der Waals surface area contributed by atoms with Gasteiger partial charge in [-0.1, -0.05) is 0 Å². The molecule has 5 nitrogen and oxygen atoms in total. The van der Waals surface area contributed by atoms with Crippen LogP contribution in [0.1, 0.15) is 0 Å². The second-order valence-electron chi connectivity index (χ2n) is 3.49. The lowest BCUT2D eigenvalue weighted by Crippen LogP contribution is -1.96. The van der Waals surface area contributed by atoms with Gasteiger partial charge in [0.2, 0.25) is 5.95 Å². The second kappa shape index (κ2) is 5.22. The van der Waals surface area contributed by atoms with Gasteiger partial charge in [0.25, 0.3) is 0 Å². The van der Waals surface area contributed by atoms with E-state index in [4.69, 9.17) is 15.2 Å². The summed E-state index contributed by atoms with van der Waals surface area (Å²) in [6, 6.07) is 3.73. The van der Waals surface area contributed by atoms with E-state index in [1.54, 1.807) is 26.6 Å². The molecule has 0 aliphatic heterocycles. The number of ether oxygens (including phenoxy) is 2. The Kier molecular flexibility index (Phi) is 3.66. The highest BCUT2D eigenvalue weighted by atomic mass is 79.9. The molecule has 0 fully saturated rings. The lowest BCUT2D eigenvalue weighted by molar-refractivity contribution is 0.390. The van der Waals surface area contributed by atoms with Crippen LogP contribution in [0.25, 0.3) is 11.1 Å². The Bertz CT molecular complexity index is 558. The molecule has 0 amide bonds. The molecule has 0 spiro atoms. The molecule has 6 heteroatoms. The Labute approximate surface area is 113 Å². The summed E-state index contributed by atoms with van der Waals surface area (Å²) in [5, 5.41) is 0. The number of anilines is 1. The van der Waals surface area contributed by atoms with Gasteiger partial charge < -0.3 is 15.2 Å². The number of halogens is 1. The third-order valence-electron chi connectivity index (χ3n) is 2.47. The fourth-order valence-electron chi connectivity index (χ4n) is 1.60. The smallest absolute Gasteiger partial charge is 0.219 e. The van der Waals surface area contributed by atoms with Crippen LogP contribution < -0.4 is 15.2 Å². The first-order chi connectivity index (χ1) is 8.67. The quantitative estimate of drug-likeness (QED) is 0.943. The van der Waals surface area contributed by atoms with E-state index in [9.17, 15) is 0 Å². The molecule has 0 radical (unpaired) electrons. The number of methoxy groups -OCH3 is 2. The van der Waals surface area contributed by atoms with Crippen molar-refractivity contribution in [1.29, 1.82) is 0 Å². The molecular weight excluding hydrogens is 298 g/mol. The van der Waals surface area contributed by atoms with Crippen molar-refractivity contribution in [2.45, 2.75) is 0 Å². The van der Waals surface area contributed by atoms with Gasteiger partial charge in [0.15, 0.2) is 0 Å². The van der Waals surface area contributed by atoms with Gasteiger partial charge in [0, 0.05) is 23.5 Å². The summed E-state index contributed by atoms with van der Waals surface area (Å²) in [6.07, 6.45) is 3.30. The van der Waals surface area contributed by atoms with Crippen molar-refractivity contribution in [2.24, 2.45) is 0 Å². The van der Waals surface area contributed by atoms with Crippen LogP contribution in [0, 0.1) is 0 Å². The van der Waals surface area contributed by atoms with E-state index in [0.29, 0.717) is 11.5 Å². The van der Waals surface area contributed by atoms with Gasteiger partial charge in [-0.2, -0.15) is 0 Å². The highest BCUT2D eigenvalue weighted by Crippen LogP contribution is 2.41. The molecule has 2 N–H and O–H groups in total. The summed E-state index contributed by atoms with van der Waals surface area (Å²) >= 11 is 3.45. The van der Waals surface area contributed by atoms with Gasteiger partial charge >= 0.3 is 0 Å². The number of benzene rings is 1. The Morgan fingerprint density at radius 2 is 1.78 bits per heavy atom. The molecule has 0 unspecified atom stereocenters. The number of rotatable bonds is 3. The molecule has 1 aromatic carbocycles. The zero-order chi connectivity index (χ0) is 13.1. The van der Waals surface area contributed by atoms with E-state index < -0.39 is 0 Å². The van der Waals surface area contributed by atoms with Crippen molar-refractivity contribution in [3.8, 4) is 22.6 Å². The van der Waals surface area contributed by atoms with E-state index in [2.05, 4.69) is 25.9 Å². The van der Waals surface area contributed by atoms with Crippen molar-refractivity contribution in [2.75, 3.05) is 20.0 Å². The molecule has 2 rings (SSSR count). The highest BCUT2D eigenvalue weighted by Gasteiger charge is 2.14. The van der Waals surface area contributed by atoms with Gasteiger partial charge in [0.05, 0.1) is 14.2 Å². The molecule has 0 atom stereocenters. The number of hydrogen-bond donors (Lipinski definition) is 1. The van der Waals surface area contributed by atoms with Crippen molar-refractivity contribution in [3.05, 3.63) is 29.0 Å². The molecular formula is C12H12BrN3O2. The summed E-state index contributed by atoms with van der Waals surface area (Å²) in [5.41, 5.74) is 7.16. The minimum atomic E-state index is 0.241. The average Bonchev–Trinajstić information content (AvgIpc) is 2.39. The third kappa shape index (κ3) is 2.24. The van der Waals surface area contributed by atoms with E-state index in [0.717, 1.165) is 15.6 Å². The van der Waals surface area contributed by atoms with Crippen molar-refractivity contribution < 1.29 is 9.47 Å². The lowest BCUT2D eigenvalue weighted by atomic mass is 10.1. The van der Waals surface area contributed by atoms with Crippen LogP contribution in [0.15, 0.2) is 29.0 Å². The molecule has 18 heavy (non-hydrogen) atoms. The zero-order valence-electron chi connectivity index (χ0n) is 9.98. The molecule has 94 valence electrons. The monoisotopic (exact) mass is 309 g/mol.